The number of rotatable bonds is 8. The number of benzene rings is 3. The summed E-state index contributed by atoms with van der Waals surface area (Å²) in [6, 6.07) is 15.3. The molecule has 0 bridgehead atoms. The van der Waals surface area contributed by atoms with E-state index >= 15 is 0 Å². The molecule has 0 aliphatic heterocycles. The van der Waals surface area contributed by atoms with E-state index in [9.17, 15) is 30.8 Å². The molecule has 0 atom stereocenters. The molecule has 0 fully saturated rings. The van der Waals surface area contributed by atoms with Gasteiger partial charge in [-0.15, -0.1) is 0 Å². The monoisotopic (exact) mass is 514 g/mol. The standard InChI is InChI=1S/C23H19ClF4N2O3S/c24-21-11-10-18(14-20(21)23(26,27)28)30(34(32,33)19-4-2-1-3-5-19)15-22(31)29-13-12-16-6-8-17(25)9-7-16/h1-11,14H,12-13,15H2,(H,29,31). The first kappa shape index (κ1) is 25.5. The predicted octanol–water partition coefficient (Wildman–Crippen LogP) is 5.05. The second-order valence-electron chi connectivity index (χ2n) is 7.21. The summed E-state index contributed by atoms with van der Waals surface area (Å²) in [5, 5.41) is 1.94. The van der Waals surface area contributed by atoms with Crippen LogP contribution in [0.25, 0.3) is 0 Å². The second-order valence-corrected chi connectivity index (χ2v) is 9.48. The number of sulfonamides is 1. The molecule has 3 rings (SSSR count). The van der Waals surface area contributed by atoms with Gasteiger partial charge in [0.05, 0.1) is 21.2 Å². The third-order valence-corrected chi connectivity index (χ3v) is 6.93. The SMILES string of the molecule is O=C(CN(c1ccc(Cl)c(C(F)(F)F)c1)S(=O)(=O)c1ccccc1)NCCc1ccc(F)cc1. The summed E-state index contributed by atoms with van der Waals surface area (Å²) < 4.78 is 80.2. The van der Waals surface area contributed by atoms with E-state index in [1.807, 2.05) is 0 Å². The quantitative estimate of drug-likeness (QED) is 0.428. The van der Waals surface area contributed by atoms with Gasteiger partial charge in [0.2, 0.25) is 5.91 Å². The summed E-state index contributed by atoms with van der Waals surface area (Å²) in [6.07, 6.45) is -4.48. The Balaban J connectivity index is 1.87. The van der Waals surface area contributed by atoms with Crippen molar-refractivity contribution < 1.29 is 30.8 Å². The molecule has 180 valence electrons. The molecule has 1 N–H and O–H groups in total. The average Bonchev–Trinajstić information content (AvgIpc) is 2.79. The molecule has 0 spiro atoms. The summed E-state index contributed by atoms with van der Waals surface area (Å²) in [7, 11) is -4.39. The maximum atomic E-state index is 13.4. The number of hydrogen-bond acceptors (Lipinski definition) is 3. The van der Waals surface area contributed by atoms with E-state index in [0.717, 1.165) is 17.7 Å². The van der Waals surface area contributed by atoms with Crippen LogP contribution in [0.2, 0.25) is 5.02 Å². The highest BCUT2D eigenvalue weighted by Crippen LogP contribution is 2.37. The van der Waals surface area contributed by atoms with Crippen LogP contribution >= 0.6 is 11.6 Å². The topological polar surface area (TPSA) is 66.5 Å². The third kappa shape index (κ3) is 6.27. The Kier molecular flexibility index (Phi) is 7.83. The van der Waals surface area contributed by atoms with Crippen LogP contribution in [0, 0.1) is 5.82 Å². The summed E-state index contributed by atoms with van der Waals surface area (Å²) in [6.45, 7) is -0.655. The molecule has 0 saturated carbocycles. The van der Waals surface area contributed by atoms with Crippen molar-refractivity contribution in [3.8, 4) is 0 Å². The number of carbonyl (C=O) groups excluding carboxylic acids is 1. The van der Waals surface area contributed by atoms with Crippen molar-refractivity contribution in [2.45, 2.75) is 17.5 Å². The maximum absolute atomic E-state index is 13.4. The first-order valence-electron chi connectivity index (χ1n) is 9.94. The van der Waals surface area contributed by atoms with Crippen LogP contribution in [0.5, 0.6) is 0 Å². The van der Waals surface area contributed by atoms with Gasteiger partial charge < -0.3 is 5.32 Å². The highest BCUT2D eigenvalue weighted by Gasteiger charge is 2.35. The molecule has 0 saturated heterocycles. The lowest BCUT2D eigenvalue weighted by Gasteiger charge is -2.25. The van der Waals surface area contributed by atoms with Gasteiger partial charge in [0.1, 0.15) is 12.4 Å². The molecule has 0 aliphatic rings. The van der Waals surface area contributed by atoms with Crippen LogP contribution in [0.3, 0.4) is 0 Å². The van der Waals surface area contributed by atoms with Crippen molar-refractivity contribution in [2.75, 3.05) is 17.4 Å². The van der Waals surface area contributed by atoms with Gasteiger partial charge in [-0.25, -0.2) is 12.8 Å². The number of amides is 1. The van der Waals surface area contributed by atoms with Crippen LogP contribution < -0.4 is 9.62 Å². The van der Waals surface area contributed by atoms with Gasteiger partial charge in [0, 0.05) is 6.54 Å². The van der Waals surface area contributed by atoms with E-state index in [0.29, 0.717) is 16.8 Å². The number of alkyl halides is 3. The van der Waals surface area contributed by atoms with E-state index in [1.54, 1.807) is 18.2 Å². The average molecular weight is 515 g/mol. The van der Waals surface area contributed by atoms with Gasteiger partial charge in [-0.2, -0.15) is 13.2 Å². The molecule has 3 aromatic carbocycles. The Morgan fingerprint density at radius 2 is 1.62 bits per heavy atom. The van der Waals surface area contributed by atoms with Crippen molar-refractivity contribution in [3.05, 3.63) is 94.8 Å². The first-order valence-corrected chi connectivity index (χ1v) is 11.8. The fourth-order valence-electron chi connectivity index (χ4n) is 3.10. The second kappa shape index (κ2) is 10.4. The molecule has 11 heteroatoms. The van der Waals surface area contributed by atoms with E-state index in [1.165, 1.54) is 36.4 Å². The number of carbonyl (C=O) groups is 1. The first-order chi connectivity index (χ1) is 16.0. The van der Waals surface area contributed by atoms with Crippen LogP contribution in [0.15, 0.2) is 77.7 Å². The van der Waals surface area contributed by atoms with E-state index in [-0.39, 0.29) is 17.1 Å². The number of nitrogens with zero attached hydrogens (tertiary/aromatic N) is 1. The van der Waals surface area contributed by atoms with Crippen LogP contribution in [0.1, 0.15) is 11.1 Å². The van der Waals surface area contributed by atoms with Crippen molar-refractivity contribution in [3.63, 3.8) is 0 Å². The maximum Gasteiger partial charge on any atom is 0.417 e. The van der Waals surface area contributed by atoms with Gasteiger partial charge >= 0.3 is 6.18 Å². The largest absolute Gasteiger partial charge is 0.417 e. The van der Waals surface area contributed by atoms with Gasteiger partial charge in [0.25, 0.3) is 10.0 Å². The van der Waals surface area contributed by atoms with Gasteiger partial charge in [-0.1, -0.05) is 41.9 Å². The minimum absolute atomic E-state index is 0.109. The minimum atomic E-state index is -4.83. The molecular formula is C23H19ClF4N2O3S. The predicted molar refractivity (Wildman–Crippen MR) is 121 cm³/mol. The number of halogens is 5. The molecule has 1 amide bonds. The normalized spacial score (nSPS) is 11.8. The molecule has 0 heterocycles. The molecule has 0 aliphatic carbocycles. The number of anilines is 1. The summed E-state index contributed by atoms with van der Waals surface area (Å²) in [4.78, 5) is 12.4. The molecular weight excluding hydrogens is 496 g/mol. The summed E-state index contributed by atoms with van der Waals surface area (Å²) >= 11 is 5.67. The molecule has 34 heavy (non-hydrogen) atoms. The van der Waals surface area contributed by atoms with Gasteiger partial charge in [-0.05, 0) is 54.4 Å². The zero-order chi connectivity index (χ0) is 24.9. The Morgan fingerprint density at radius 3 is 2.24 bits per heavy atom. The Hall–Kier alpha value is -3.11. The van der Waals surface area contributed by atoms with Crippen molar-refractivity contribution in [2.24, 2.45) is 0 Å². The van der Waals surface area contributed by atoms with E-state index < -0.39 is 45.1 Å². The Labute approximate surface area is 199 Å². The van der Waals surface area contributed by atoms with Crippen molar-refractivity contribution in [1.29, 1.82) is 0 Å². The minimum Gasteiger partial charge on any atom is -0.354 e. The van der Waals surface area contributed by atoms with Gasteiger partial charge in [0.15, 0.2) is 0 Å². The molecule has 3 aromatic rings. The summed E-state index contributed by atoms with van der Waals surface area (Å²) in [5.41, 5.74) is -0.853. The zero-order valence-electron chi connectivity index (χ0n) is 17.5. The van der Waals surface area contributed by atoms with E-state index in [2.05, 4.69) is 5.32 Å². The van der Waals surface area contributed by atoms with Crippen LogP contribution in [0.4, 0.5) is 23.2 Å². The highest BCUT2D eigenvalue weighted by atomic mass is 35.5. The van der Waals surface area contributed by atoms with Crippen molar-refractivity contribution in [1.82, 2.24) is 5.32 Å². The van der Waals surface area contributed by atoms with Crippen molar-refractivity contribution >= 4 is 33.2 Å². The fraction of sp³-hybridized carbons (Fsp3) is 0.174. The fourth-order valence-corrected chi connectivity index (χ4v) is 4.76. The molecule has 0 aromatic heterocycles. The lowest BCUT2D eigenvalue weighted by Crippen LogP contribution is -2.41. The van der Waals surface area contributed by atoms with E-state index in [4.69, 9.17) is 11.6 Å². The van der Waals surface area contributed by atoms with Crippen LogP contribution in [-0.4, -0.2) is 27.4 Å². The number of hydrogen-bond donors (Lipinski definition) is 1. The van der Waals surface area contributed by atoms with Crippen LogP contribution in [-0.2, 0) is 27.4 Å². The zero-order valence-corrected chi connectivity index (χ0v) is 19.1. The Morgan fingerprint density at radius 1 is 0.971 bits per heavy atom. The molecule has 5 nitrogen and oxygen atoms in total. The smallest absolute Gasteiger partial charge is 0.354 e. The Bertz CT molecular complexity index is 1250. The van der Waals surface area contributed by atoms with Gasteiger partial charge in [-0.3, -0.25) is 9.10 Å². The summed E-state index contributed by atoms with van der Waals surface area (Å²) in [5.74, 6) is -1.14. The lowest BCUT2D eigenvalue weighted by atomic mass is 10.1. The number of nitrogens with one attached hydrogen (secondary N) is 1. The molecule has 0 unspecified atom stereocenters. The molecule has 0 radical (unpaired) electrons. The lowest BCUT2D eigenvalue weighted by molar-refractivity contribution is -0.137. The third-order valence-electron chi connectivity index (χ3n) is 4.81. The highest BCUT2D eigenvalue weighted by molar-refractivity contribution is 7.92.